The molecule has 0 amide bonds. The van der Waals surface area contributed by atoms with Gasteiger partial charge in [-0.1, -0.05) is 277 Å². The summed E-state index contributed by atoms with van der Waals surface area (Å²) in [7, 11) is 0. The first-order valence-electron chi connectivity index (χ1n) is 31.5. The van der Waals surface area contributed by atoms with Crippen molar-refractivity contribution in [3.63, 3.8) is 0 Å². The number of esters is 3. The predicted octanol–water partition coefficient (Wildman–Crippen LogP) is 21.6. The van der Waals surface area contributed by atoms with Crippen LogP contribution in [0.2, 0.25) is 0 Å². The summed E-state index contributed by atoms with van der Waals surface area (Å²) in [5.74, 6) is -0.927. The molecule has 0 aromatic carbocycles. The standard InChI is InChI=1S/C70H116O6/c1-4-7-10-13-16-19-22-25-27-29-30-31-32-33-34-35-36-37-38-39-40-41-43-45-48-51-54-57-60-63-69(72)75-66-67(65-74-68(71)62-59-56-53-50-47-44-24-21-18-15-12-9-6-3)76-70(73)64-61-58-55-52-49-46-42-28-26-23-20-17-14-11-8-5-2/h7,10,12,15-16,19,21,24-25,27,30-31,33-34,36-37,39-40,43,45,67H,4-6,8-9,11,13-14,17-18,20,22-23,26,28-29,32,35,38,41-42,44,46-66H2,1-3H3/b10-7-,15-12-,19-16-,24-21-,27-25-,31-30-,34-33-,37-36-,40-39-,45-43-. The van der Waals surface area contributed by atoms with E-state index in [0.29, 0.717) is 19.3 Å². The van der Waals surface area contributed by atoms with E-state index in [-0.39, 0.29) is 31.1 Å². The number of carbonyl (C=O) groups is 3. The van der Waals surface area contributed by atoms with Crippen LogP contribution in [-0.4, -0.2) is 37.2 Å². The second kappa shape index (κ2) is 63.3. The van der Waals surface area contributed by atoms with Gasteiger partial charge in [-0.15, -0.1) is 0 Å². The topological polar surface area (TPSA) is 78.9 Å². The highest BCUT2D eigenvalue weighted by Gasteiger charge is 2.19. The molecule has 0 aromatic heterocycles. The Balaban J connectivity index is 4.37. The molecule has 0 heterocycles. The van der Waals surface area contributed by atoms with Gasteiger partial charge in [-0.25, -0.2) is 0 Å². The molecule has 0 N–H and O–H groups in total. The van der Waals surface area contributed by atoms with E-state index in [9.17, 15) is 14.4 Å². The molecule has 0 aliphatic carbocycles. The third-order valence-corrected chi connectivity index (χ3v) is 13.2. The van der Waals surface area contributed by atoms with Gasteiger partial charge in [-0.3, -0.25) is 14.4 Å². The minimum Gasteiger partial charge on any atom is -0.462 e. The van der Waals surface area contributed by atoms with Crippen molar-refractivity contribution in [3.05, 3.63) is 122 Å². The highest BCUT2D eigenvalue weighted by molar-refractivity contribution is 5.71. The second-order valence-corrected chi connectivity index (χ2v) is 20.6. The summed E-state index contributed by atoms with van der Waals surface area (Å²) in [6.45, 7) is 6.44. The second-order valence-electron chi connectivity index (χ2n) is 20.6. The lowest BCUT2D eigenvalue weighted by molar-refractivity contribution is -0.167. The Morgan fingerprint density at radius 3 is 0.855 bits per heavy atom. The van der Waals surface area contributed by atoms with Gasteiger partial charge in [0.15, 0.2) is 6.10 Å². The molecule has 0 radical (unpaired) electrons. The fraction of sp³-hybridized carbons (Fsp3) is 0.671. The van der Waals surface area contributed by atoms with Crippen LogP contribution in [0.5, 0.6) is 0 Å². The van der Waals surface area contributed by atoms with E-state index in [1.165, 1.54) is 89.9 Å². The molecule has 432 valence electrons. The van der Waals surface area contributed by atoms with Crippen LogP contribution >= 0.6 is 0 Å². The molecule has 0 rings (SSSR count). The van der Waals surface area contributed by atoms with Gasteiger partial charge < -0.3 is 14.2 Å². The molecule has 0 saturated heterocycles. The predicted molar refractivity (Wildman–Crippen MR) is 330 cm³/mol. The van der Waals surface area contributed by atoms with Crippen molar-refractivity contribution < 1.29 is 28.6 Å². The van der Waals surface area contributed by atoms with E-state index in [0.717, 1.165) is 154 Å². The number of unbranched alkanes of at least 4 members (excludes halogenated alkanes) is 25. The van der Waals surface area contributed by atoms with Crippen LogP contribution in [0.3, 0.4) is 0 Å². The number of carbonyl (C=O) groups excluding carboxylic acids is 3. The normalized spacial score (nSPS) is 12.9. The number of rotatable bonds is 56. The van der Waals surface area contributed by atoms with Gasteiger partial charge in [0.2, 0.25) is 0 Å². The monoisotopic (exact) mass is 1050 g/mol. The van der Waals surface area contributed by atoms with Gasteiger partial charge in [0.25, 0.3) is 0 Å². The summed E-state index contributed by atoms with van der Waals surface area (Å²) >= 11 is 0. The minimum absolute atomic E-state index is 0.0937. The van der Waals surface area contributed by atoms with Crippen molar-refractivity contribution in [2.75, 3.05) is 13.2 Å². The smallest absolute Gasteiger partial charge is 0.306 e. The molecular formula is C70H116O6. The first kappa shape index (κ1) is 71.8. The van der Waals surface area contributed by atoms with Gasteiger partial charge in [0, 0.05) is 19.3 Å². The van der Waals surface area contributed by atoms with E-state index in [1.54, 1.807) is 0 Å². The SMILES string of the molecule is CC/C=C\C/C=C\C/C=C\C/C=C\C/C=C\C/C=C\C/C=C\C/C=C\CCCCCCC(=O)OCC(COC(=O)CCCCCCC/C=C\C/C=C\CCC)OC(=O)CCCCCCCCCCCCCCCCCC. The Morgan fingerprint density at radius 1 is 0.276 bits per heavy atom. The third-order valence-electron chi connectivity index (χ3n) is 13.2. The average Bonchev–Trinajstić information content (AvgIpc) is 3.42. The lowest BCUT2D eigenvalue weighted by atomic mass is 10.0. The van der Waals surface area contributed by atoms with Gasteiger partial charge in [-0.2, -0.15) is 0 Å². The zero-order valence-electron chi connectivity index (χ0n) is 49.5. The Labute approximate surface area is 469 Å². The van der Waals surface area contributed by atoms with Crippen molar-refractivity contribution in [2.45, 2.75) is 290 Å². The van der Waals surface area contributed by atoms with E-state index >= 15 is 0 Å². The van der Waals surface area contributed by atoms with Crippen LogP contribution in [0.25, 0.3) is 0 Å². The zero-order chi connectivity index (χ0) is 55.0. The molecule has 1 atom stereocenters. The number of hydrogen-bond donors (Lipinski definition) is 0. The molecule has 6 nitrogen and oxygen atoms in total. The summed E-state index contributed by atoms with van der Waals surface area (Å²) in [5, 5.41) is 0. The van der Waals surface area contributed by atoms with Crippen LogP contribution < -0.4 is 0 Å². The maximum absolute atomic E-state index is 12.9. The highest BCUT2D eigenvalue weighted by atomic mass is 16.6. The van der Waals surface area contributed by atoms with Crippen molar-refractivity contribution in [1.29, 1.82) is 0 Å². The molecule has 0 spiro atoms. The van der Waals surface area contributed by atoms with Gasteiger partial charge >= 0.3 is 17.9 Å². The van der Waals surface area contributed by atoms with Crippen molar-refractivity contribution in [2.24, 2.45) is 0 Å². The number of hydrogen-bond acceptors (Lipinski definition) is 6. The lowest BCUT2D eigenvalue weighted by Crippen LogP contribution is -2.30. The average molecular weight is 1050 g/mol. The third kappa shape index (κ3) is 60.7. The molecule has 0 aromatic rings. The molecule has 0 fully saturated rings. The molecule has 0 bridgehead atoms. The molecule has 0 saturated carbocycles. The fourth-order valence-corrected chi connectivity index (χ4v) is 8.50. The summed E-state index contributed by atoms with van der Waals surface area (Å²) in [5.41, 5.74) is 0. The Morgan fingerprint density at radius 2 is 0.539 bits per heavy atom. The van der Waals surface area contributed by atoms with Crippen LogP contribution in [-0.2, 0) is 28.6 Å². The van der Waals surface area contributed by atoms with E-state index in [4.69, 9.17) is 14.2 Å². The Hall–Kier alpha value is -4.19. The number of ether oxygens (including phenoxy) is 3. The lowest BCUT2D eigenvalue weighted by Gasteiger charge is -2.18. The van der Waals surface area contributed by atoms with Crippen LogP contribution in [0, 0.1) is 0 Å². The summed E-state index contributed by atoms with van der Waals surface area (Å²) in [4.78, 5) is 38.2. The van der Waals surface area contributed by atoms with E-state index < -0.39 is 6.10 Å². The fourth-order valence-electron chi connectivity index (χ4n) is 8.50. The quantitative estimate of drug-likeness (QED) is 0.0261. The van der Waals surface area contributed by atoms with Gasteiger partial charge in [0.1, 0.15) is 13.2 Å². The van der Waals surface area contributed by atoms with Crippen molar-refractivity contribution in [3.8, 4) is 0 Å². The highest BCUT2D eigenvalue weighted by Crippen LogP contribution is 2.16. The first-order chi connectivity index (χ1) is 37.5. The van der Waals surface area contributed by atoms with Crippen LogP contribution in [0.4, 0.5) is 0 Å². The Kier molecular flexibility index (Phi) is 59.9. The minimum atomic E-state index is -0.796. The molecular weight excluding hydrogens is 937 g/mol. The molecule has 6 heteroatoms. The molecule has 0 aliphatic rings. The summed E-state index contributed by atoms with van der Waals surface area (Å²) < 4.78 is 16.9. The van der Waals surface area contributed by atoms with Crippen molar-refractivity contribution >= 4 is 17.9 Å². The van der Waals surface area contributed by atoms with E-state index in [2.05, 4.69) is 142 Å². The first-order valence-corrected chi connectivity index (χ1v) is 31.5. The van der Waals surface area contributed by atoms with Crippen LogP contribution in [0.15, 0.2) is 122 Å². The maximum atomic E-state index is 12.9. The zero-order valence-corrected chi connectivity index (χ0v) is 49.5. The van der Waals surface area contributed by atoms with Crippen molar-refractivity contribution in [1.82, 2.24) is 0 Å². The summed E-state index contributed by atoms with van der Waals surface area (Å²) in [6.07, 6.45) is 87.7. The van der Waals surface area contributed by atoms with E-state index in [1.807, 2.05) is 0 Å². The molecule has 1 unspecified atom stereocenters. The Bertz CT molecular complexity index is 1590. The van der Waals surface area contributed by atoms with Gasteiger partial charge in [-0.05, 0) is 109 Å². The maximum Gasteiger partial charge on any atom is 0.306 e. The van der Waals surface area contributed by atoms with Gasteiger partial charge in [0.05, 0.1) is 0 Å². The van der Waals surface area contributed by atoms with Crippen LogP contribution in [0.1, 0.15) is 284 Å². The summed E-state index contributed by atoms with van der Waals surface area (Å²) in [6, 6.07) is 0. The molecule has 0 aliphatic heterocycles. The largest absolute Gasteiger partial charge is 0.462 e. The molecule has 76 heavy (non-hydrogen) atoms. The number of allylic oxidation sites excluding steroid dienone is 20.